The van der Waals surface area contributed by atoms with E-state index >= 15 is 0 Å². The summed E-state index contributed by atoms with van der Waals surface area (Å²) in [5.41, 5.74) is 2.12. The molecule has 0 spiro atoms. The van der Waals surface area contributed by atoms with Crippen LogP contribution in [0.25, 0.3) is 11.1 Å². The minimum atomic E-state index is -0.807. The van der Waals surface area contributed by atoms with Gasteiger partial charge in [0, 0.05) is 9.92 Å². The lowest BCUT2D eigenvalue weighted by atomic mass is 10.1. The number of halogens is 1. The number of hydrogen-bond acceptors (Lipinski definition) is 2. The molecule has 0 unspecified atom stereocenters. The van der Waals surface area contributed by atoms with Crippen LogP contribution in [0.15, 0.2) is 53.4 Å². The minimum Gasteiger partial charge on any atom is -0.481 e. The maximum atomic E-state index is 10.5. The van der Waals surface area contributed by atoms with Crippen molar-refractivity contribution < 1.29 is 9.90 Å². The predicted molar refractivity (Wildman–Crippen MR) is 75.2 cm³/mol. The molecule has 0 fully saturated rings. The highest BCUT2D eigenvalue weighted by Crippen LogP contribution is 2.25. The van der Waals surface area contributed by atoms with Gasteiger partial charge in [-0.15, -0.1) is 11.8 Å². The summed E-state index contributed by atoms with van der Waals surface area (Å²) in [6.07, 6.45) is 0. The second-order valence-corrected chi connectivity index (χ2v) is 5.20. The van der Waals surface area contributed by atoms with Gasteiger partial charge in [-0.3, -0.25) is 4.79 Å². The molecule has 0 heterocycles. The molecule has 0 aliphatic carbocycles. The quantitative estimate of drug-likeness (QED) is 0.853. The van der Waals surface area contributed by atoms with Crippen molar-refractivity contribution in [1.29, 1.82) is 0 Å². The van der Waals surface area contributed by atoms with Gasteiger partial charge in [0.1, 0.15) is 0 Å². The zero-order chi connectivity index (χ0) is 13.0. The van der Waals surface area contributed by atoms with Crippen molar-refractivity contribution in [1.82, 2.24) is 0 Å². The lowest BCUT2D eigenvalue weighted by molar-refractivity contribution is -0.133. The molecule has 18 heavy (non-hydrogen) atoms. The number of thioether (sulfide) groups is 1. The van der Waals surface area contributed by atoms with Crippen molar-refractivity contribution in [3.63, 3.8) is 0 Å². The molecule has 0 atom stereocenters. The van der Waals surface area contributed by atoms with Gasteiger partial charge < -0.3 is 5.11 Å². The van der Waals surface area contributed by atoms with Gasteiger partial charge in [0.05, 0.1) is 5.75 Å². The number of rotatable bonds is 4. The summed E-state index contributed by atoms with van der Waals surface area (Å²) in [5, 5.41) is 9.31. The highest BCUT2D eigenvalue weighted by molar-refractivity contribution is 8.00. The van der Waals surface area contributed by atoms with Crippen LogP contribution >= 0.6 is 23.4 Å². The fourth-order valence-corrected chi connectivity index (χ4v) is 2.37. The second kappa shape index (κ2) is 5.94. The van der Waals surface area contributed by atoms with E-state index in [1.807, 2.05) is 48.5 Å². The van der Waals surface area contributed by atoms with Crippen LogP contribution in [0.4, 0.5) is 0 Å². The van der Waals surface area contributed by atoms with Crippen LogP contribution in [0.1, 0.15) is 0 Å². The van der Waals surface area contributed by atoms with E-state index in [2.05, 4.69) is 0 Å². The highest BCUT2D eigenvalue weighted by Gasteiger charge is 2.01. The standard InChI is InChI=1S/C14H11ClO2S/c15-12-3-1-2-11(8-12)10-4-6-13(7-5-10)18-9-14(16)17/h1-8H,9H2,(H,16,17). The lowest BCUT2D eigenvalue weighted by Gasteiger charge is -2.04. The van der Waals surface area contributed by atoms with Crippen molar-refractivity contribution in [3.8, 4) is 11.1 Å². The number of aliphatic carboxylic acids is 1. The van der Waals surface area contributed by atoms with Crippen molar-refractivity contribution >= 4 is 29.3 Å². The van der Waals surface area contributed by atoms with Crippen molar-refractivity contribution in [2.75, 3.05) is 5.75 Å². The summed E-state index contributed by atoms with van der Waals surface area (Å²) in [4.78, 5) is 11.4. The Bertz CT molecular complexity index is 552. The molecule has 1 N–H and O–H groups in total. The Hall–Kier alpha value is -1.45. The maximum absolute atomic E-state index is 10.5. The first kappa shape index (κ1) is 13.0. The molecule has 0 saturated carbocycles. The molecule has 2 nitrogen and oxygen atoms in total. The van der Waals surface area contributed by atoms with Gasteiger partial charge in [-0.1, -0.05) is 35.9 Å². The fourth-order valence-electron chi connectivity index (χ4n) is 1.56. The van der Waals surface area contributed by atoms with Crippen molar-refractivity contribution in [2.45, 2.75) is 4.90 Å². The number of carbonyl (C=O) groups is 1. The Morgan fingerprint density at radius 2 is 1.83 bits per heavy atom. The molecule has 92 valence electrons. The Labute approximate surface area is 115 Å². The number of carboxylic acids is 1. The van der Waals surface area contributed by atoms with Crippen LogP contribution in [0.2, 0.25) is 5.02 Å². The Morgan fingerprint density at radius 3 is 2.44 bits per heavy atom. The first-order valence-electron chi connectivity index (χ1n) is 5.36. The molecular weight excluding hydrogens is 268 g/mol. The van der Waals surface area contributed by atoms with Crippen molar-refractivity contribution in [2.24, 2.45) is 0 Å². The van der Waals surface area contributed by atoms with Crippen LogP contribution in [0.5, 0.6) is 0 Å². The Kier molecular flexibility index (Phi) is 4.28. The average Bonchev–Trinajstić information content (AvgIpc) is 2.37. The van der Waals surface area contributed by atoms with E-state index in [0.29, 0.717) is 5.02 Å². The SMILES string of the molecule is O=C(O)CSc1ccc(-c2cccc(Cl)c2)cc1. The molecule has 0 bridgehead atoms. The van der Waals surface area contributed by atoms with Crippen LogP contribution in [-0.2, 0) is 4.79 Å². The van der Waals surface area contributed by atoms with Crippen LogP contribution < -0.4 is 0 Å². The van der Waals surface area contributed by atoms with E-state index < -0.39 is 5.97 Å². The minimum absolute atomic E-state index is 0.0799. The van der Waals surface area contributed by atoms with Gasteiger partial charge >= 0.3 is 5.97 Å². The summed E-state index contributed by atoms with van der Waals surface area (Å²) >= 11 is 7.25. The summed E-state index contributed by atoms with van der Waals surface area (Å²) in [6.45, 7) is 0. The van der Waals surface area contributed by atoms with Gasteiger partial charge in [-0.25, -0.2) is 0 Å². The Balaban J connectivity index is 2.14. The molecule has 2 rings (SSSR count). The first-order chi connectivity index (χ1) is 8.65. The molecule has 2 aromatic rings. The highest BCUT2D eigenvalue weighted by atomic mass is 35.5. The molecule has 0 aliphatic heterocycles. The summed E-state index contributed by atoms with van der Waals surface area (Å²) in [7, 11) is 0. The molecule has 0 aliphatic rings. The van der Waals surface area contributed by atoms with Crippen LogP contribution in [0, 0.1) is 0 Å². The zero-order valence-electron chi connectivity index (χ0n) is 9.47. The van der Waals surface area contributed by atoms with Gasteiger partial charge in [-0.2, -0.15) is 0 Å². The molecule has 4 heteroatoms. The third kappa shape index (κ3) is 3.52. The van der Waals surface area contributed by atoms with E-state index in [4.69, 9.17) is 16.7 Å². The van der Waals surface area contributed by atoms with Gasteiger partial charge in [0.2, 0.25) is 0 Å². The summed E-state index contributed by atoms with van der Waals surface area (Å²) in [6, 6.07) is 15.4. The largest absolute Gasteiger partial charge is 0.481 e. The molecule has 0 amide bonds. The third-order valence-corrected chi connectivity index (χ3v) is 3.61. The maximum Gasteiger partial charge on any atom is 0.313 e. The average molecular weight is 279 g/mol. The number of hydrogen-bond donors (Lipinski definition) is 1. The smallest absolute Gasteiger partial charge is 0.313 e. The monoisotopic (exact) mass is 278 g/mol. The number of benzene rings is 2. The molecular formula is C14H11ClO2S. The van der Waals surface area contributed by atoms with E-state index in [9.17, 15) is 4.79 Å². The normalized spacial score (nSPS) is 10.3. The van der Waals surface area contributed by atoms with Crippen molar-refractivity contribution in [3.05, 3.63) is 53.6 Å². The second-order valence-electron chi connectivity index (χ2n) is 3.72. The molecule has 0 aromatic heterocycles. The molecule has 0 radical (unpaired) electrons. The summed E-state index contributed by atoms with van der Waals surface area (Å²) in [5.74, 6) is -0.727. The third-order valence-electron chi connectivity index (χ3n) is 2.37. The zero-order valence-corrected chi connectivity index (χ0v) is 11.0. The van der Waals surface area contributed by atoms with E-state index in [-0.39, 0.29) is 5.75 Å². The van der Waals surface area contributed by atoms with E-state index in [0.717, 1.165) is 16.0 Å². The van der Waals surface area contributed by atoms with Crippen LogP contribution in [-0.4, -0.2) is 16.8 Å². The Morgan fingerprint density at radius 1 is 1.11 bits per heavy atom. The van der Waals surface area contributed by atoms with E-state index in [1.54, 1.807) is 0 Å². The fraction of sp³-hybridized carbons (Fsp3) is 0.0714. The molecule has 0 saturated heterocycles. The summed E-state index contributed by atoms with van der Waals surface area (Å²) < 4.78 is 0. The predicted octanol–water partition coefficient (Wildman–Crippen LogP) is 4.18. The van der Waals surface area contributed by atoms with Gasteiger partial charge in [-0.05, 0) is 35.4 Å². The van der Waals surface area contributed by atoms with E-state index in [1.165, 1.54) is 11.8 Å². The van der Waals surface area contributed by atoms with Gasteiger partial charge in [0.25, 0.3) is 0 Å². The first-order valence-corrected chi connectivity index (χ1v) is 6.72. The number of carboxylic acid groups (broad SMARTS) is 1. The lowest BCUT2D eigenvalue weighted by Crippen LogP contribution is -1.97. The molecule has 2 aromatic carbocycles. The van der Waals surface area contributed by atoms with Crippen LogP contribution in [0.3, 0.4) is 0 Å². The van der Waals surface area contributed by atoms with Gasteiger partial charge in [0.15, 0.2) is 0 Å². The topological polar surface area (TPSA) is 37.3 Å².